The van der Waals surface area contributed by atoms with Gasteiger partial charge in [-0.05, 0) is 23.1 Å². The third-order valence-electron chi connectivity index (χ3n) is 4.14. The van der Waals surface area contributed by atoms with Crippen LogP contribution in [0, 0.1) is 11.3 Å². The summed E-state index contributed by atoms with van der Waals surface area (Å²) in [6.45, 7) is 8.25. The first-order chi connectivity index (χ1) is 9.93. The average Bonchev–Trinajstić information content (AvgIpc) is 2.48. The number of hydrogen-bond acceptors (Lipinski definition) is 2. The maximum Gasteiger partial charge on any atom is 0.199 e. The molecule has 2 aromatic carbocycles. The Morgan fingerprint density at radius 2 is 1.52 bits per heavy atom. The predicted octanol–water partition coefficient (Wildman–Crippen LogP) is 5.65. The molecule has 0 bridgehead atoms. The molecule has 0 heterocycles. The van der Waals surface area contributed by atoms with E-state index in [2.05, 4.69) is 32.0 Å². The van der Waals surface area contributed by atoms with Gasteiger partial charge in [0.05, 0.1) is 0 Å². The van der Waals surface area contributed by atoms with Crippen molar-refractivity contribution in [2.24, 2.45) is 11.3 Å². The van der Waals surface area contributed by atoms with Crippen LogP contribution in [-0.4, -0.2) is 5.12 Å². The second-order valence-electron chi connectivity index (χ2n) is 6.13. The van der Waals surface area contributed by atoms with Crippen LogP contribution in [0.2, 0.25) is 0 Å². The van der Waals surface area contributed by atoms with E-state index < -0.39 is 0 Å². The fourth-order valence-corrected chi connectivity index (χ4v) is 3.02. The Balaban J connectivity index is 2.32. The van der Waals surface area contributed by atoms with E-state index in [4.69, 9.17) is 0 Å². The van der Waals surface area contributed by atoms with Gasteiger partial charge in [0.2, 0.25) is 0 Å². The van der Waals surface area contributed by atoms with E-state index in [9.17, 15) is 4.79 Å². The molecule has 0 spiro atoms. The standard InChI is InChI=1S/C19H22OS/c1-14(2)19(3,4)18(20)21-17-13-9-8-12-16(17)15-10-6-5-7-11-15/h5-14H,1-4H3. The highest BCUT2D eigenvalue weighted by atomic mass is 32.2. The lowest BCUT2D eigenvalue weighted by Gasteiger charge is -2.27. The average molecular weight is 298 g/mol. The van der Waals surface area contributed by atoms with E-state index in [0.29, 0.717) is 5.92 Å². The van der Waals surface area contributed by atoms with Crippen molar-refractivity contribution in [2.45, 2.75) is 32.6 Å². The van der Waals surface area contributed by atoms with Gasteiger partial charge >= 0.3 is 0 Å². The van der Waals surface area contributed by atoms with Crippen LogP contribution in [0.1, 0.15) is 27.7 Å². The number of hydrogen-bond donors (Lipinski definition) is 0. The maximum atomic E-state index is 12.6. The number of rotatable bonds is 4. The highest BCUT2D eigenvalue weighted by Gasteiger charge is 2.32. The molecule has 0 N–H and O–H groups in total. The summed E-state index contributed by atoms with van der Waals surface area (Å²) < 4.78 is 0. The quantitative estimate of drug-likeness (QED) is 0.678. The fourth-order valence-electron chi connectivity index (χ4n) is 1.88. The van der Waals surface area contributed by atoms with Crippen molar-refractivity contribution >= 4 is 16.9 Å². The van der Waals surface area contributed by atoms with E-state index >= 15 is 0 Å². The molecule has 0 aliphatic rings. The van der Waals surface area contributed by atoms with Gasteiger partial charge in [0, 0.05) is 10.3 Å². The van der Waals surface area contributed by atoms with E-state index in [1.807, 2.05) is 50.2 Å². The molecule has 2 heteroatoms. The zero-order valence-electron chi connectivity index (χ0n) is 13.1. The molecule has 0 unspecified atom stereocenters. The zero-order valence-corrected chi connectivity index (χ0v) is 13.9. The molecule has 1 nitrogen and oxygen atoms in total. The molecule has 0 atom stereocenters. The molecular weight excluding hydrogens is 276 g/mol. The molecule has 0 saturated carbocycles. The third-order valence-corrected chi connectivity index (χ3v) is 5.43. The van der Waals surface area contributed by atoms with Crippen LogP contribution in [0.15, 0.2) is 59.5 Å². The van der Waals surface area contributed by atoms with E-state index in [-0.39, 0.29) is 10.5 Å². The van der Waals surface area contributed by atoms with Crippen LogP contribution < -0.4 is 0 Å². The first-order valence-electron chi connectivity index (χ1n) is 7.29. The SMILES string of the molecule is CC(C)C(C)(C)C(=O)Sc1ccccc1-c1ccccc1. The summed E-state index contributed by atoms with van der Waals surface area (Å²) in [5.41, 5.74) is 1.95. The predicted molar refractivity (Wildman–Crippen MR) is 91.4 cm³/mol. The van der Waals surface area contributed by atoms with Crippen LogP contribution in [0.4, 0.5) is 0 Å². The van der Waals surface area contributed by atoms with E-state index in [1.165, 1.54) is 11.8 Å². The zero-order chi connectivity index (χ0) is 15.5. The van der Waals surface area contributed by atoms with Crippen molar-refractivity contribution in [2.75, 3.05) is 0 Å². The lowest BCUT2D eigenvalue weighted by Crippen LogP contribution is -2.27. The number of benzene rings is 2. The number of thioether (sulfide) groups is 1. The molecule has 0 amide bonds. The smallest absolute Gasteiger partial charge is 0.199 e. The Bertz CT molecular complexity index is 614. The van der Waals surface area contributed by atoms with Crippen LogP contribution in [0.5, 0.6) is 0 Å². The Morgan fingerprint density at radius 1 is 0.952 bits per heavy atom. The minimum absolute atomic E-state index is 0.223. The Hall–Kier alpha value is -1.54. The van der Waals surface area contributed by atoms with Crippen LogP contribution in [0.25, 0.3) is 11.1 Å². The minimum Gasteiger partial charge on any atom is -0.286 e. The highest BCUT2D eigenvalue weighted by Crippen LogP contribution is 2.38. The van der Waals surface area contributed by atoms with Crippen molar-refractivity contribution in [1.82, 2.24) is 0 Å². The van der Waals surface area contributed by atoms with Gasteiger partial charge in [-0.15, -0.1) is 0 Å². The van der Waals surface area contributed by atoms with Gasteiger partial charge in [0.15, 0.2) is 5.12 Å². The van der Waals surface area contributed by atoms with Gasteiger partial charge in [-0.25, -0.2) is 0 Å². The second-order valence-corrected chi connectivity index (χ2v) is 7.14. The number of carbonyl (C=O) groups excluding carboxylic acids is 1. The Morgan fingerprint density at radius 3 is 2.14 bits per heavy atom. The highest BCUT2D eigenvalue weighted by molar-refractivity contribution is 8.13. The largest absolute Gasteiger partial charge is 0.286 e. The molecule has 2 aromatic rings. The molecule has 2 rings (SSSR count). The second kappa shape index (κ2) is 6.48. The molecule has 0 saturated heterocycles. The van der Waals surface area contributed by atoms with Crippen molar-refractivity contribution in [3.05, 3.63) is 54.6 Å². The lowest BCUT2D eigenvalue weighted by molar-refractivity contribution is -0.120. The summed E-state index contributed by atoms with van der Waals surface area (Å²) in [4.78, 5) is 13.7. The molecule has 0 aliphatic carbocycles. The van der Waals surface area contributed by atoms with Crippen LogP contribution in [0.3, 0.4) is 0 Å². The Kier molecular flexibility index (Phi) is 4.89. The van der Waals surface area contributed by atoms with Crippen molar-refractivity contribution < 1.29 is 4.79 Å². The first-order valence-corrected chi connectivity index (χ1v) is 8.11. The summed E-state index contributed by atoms with van der Waals surface area (Å²) in [7, 11) is 0. The van der Waals surface area contributed by atoms with Gasteiger partial charge in [0.25, 0.3) is 0 Å². The summed E-state index contributed by atoms with van der Waals surface area (Å²) >= 11 is 1.36. The monoisotopic (exact) mass is 298 g/mol. The minimum atomic E-state index is -0.325. The molecule has 0 aliphatic heterocycles. The van der Waals surface area contributed by atoms with Gasteiger partial charge in [-0.1, -0.05) is 88.0 Å². The summed E-state index contributed by atoms with van der Waals surface area (Å²) in [5.74, 6) is 0.321. The Labute approximate surface area is 131 Å². The third kappa shape index (κ3) is 3.56. The molecule has 0 radical (unpaired) electrons. The molecule has 21 heavy (non-hydrogen) atoms. The first kappa shape index (κ1) is 15.8. The van der Waals surface area contributed by atoms with Crippen molar-refractivity contribution in [3.8, 4) is 11.1 Å². The normalized spacial score (nSPS) is 11.7. The summed E-state index contributed by atoms with van der Waals surface area (Å²) in [5, 5.41) is 0.223. The fraction of sp³-hybridized carbons (Fsp3) is 0.316. The van der Waals surface area contributed by atoms with Gasteiger partial charge in [-0.3, -0.25) is 4.79 Å². The molecule has 0 aromatic heterocycles. The summed E-state index contributed by atoms with van der Waals surface area (Å²) in [6, 6.07) is 18.3. The molecular formula is C19H22OS. The topological polar surface area (TPSA) is 17.1 Å². The van der Waals surface area contributed by atoms with E-state index in [1.54, 1.807) is 0 Å². The van der Waals surface area contributed by atoms with Crippen LogP contribution in [-0.2, 0) is 4.79 Å². The van der Waals surface area contributed by atoms with Crippen molar-refractivity contribution in [3.63, 3.8) is 0 Å². The van der Waals surface area contributed by atoms with E-state index in [0.717, 1.165) is 16.0 Å². The maximum absolute atomic E-state index is 12.6. The molecule has 0 fully saturated rings. The van der Waals surface area contributed by atoms with Crippen molar-refractivity contribution in [1.29, 1.82) is 0 Å². The summed E-state index contributed by atoms with van der Waals surface area (Å²) in [6.07, 6.45) is 0. The van der Waals surface area contributed by atoms with Gasteiger partial charge in [-0.2, -0.15) is 0 Å². The lowest BCUT2D eigenvalue weighted by atomic mass is 9.83. The van der Waals surface area contributed by atoms with Gasteiger partial charge < -0.3 is 0 Å². The van der Waals surface area contributed by atoms with Gasteiger partial charge in [0.1, 0.15) is 0 Å². The molecule has 110 valence electrons. The van der Waals surface area contributed by atoms with Crippen LogP contribution >= 0.6 is 11.8 Å². The number of carbonyl (C=O) groups is 1.